The van der Waals surface area contributed by atoms with Gasteiger partial charge in [0.1, 0.15) is 0 Å². The Labute approximate surface area is 89.1 Å². The van der Waals surface area contributed by atoms with Gasteiger partial charge >= 0.3 is 6.03 Å². The zero-order valence-corrected chi connectivity index (χ0v) is 8.73. The van der Waals surface area contributed by atoms with Crippen LogP contribution in [0.1, 0.15) is 18.5 Å². The largest absolute Gasteiger partial charge is 0.399 e. The van der Waals surface area contributed by atoms with Crippen molar-refractivity contribution >= 4 is 11.7 Å². The third kappa shape index (κ3) is 1.88. The minimum Gasteiger partial charge on any atom is -0.399 e. The summed E-state index contributed by atoms with van der Waals surface area (Å²) in [7, 11) is 0. The average Bonchev–Trinajstić information content (AvgIpc) is 2.65. The molecule has 3 N–H and O–H groups in total. The molecule has 1 aliphatic rings. The quantitative estimate of drug-likeness (QED) is 0.716. The molecule has 1 fully saturated rings. The number of nitrogens with zero attached hydrogens (tertiary/aromatic N) is 1. The van der Waals surface area contributed by atoms with Gasteiger partial charge in [0, 0.05) is 18.8 Å². The Kier molecular flexibility index (Phi) is 2.49. The zero-order valence-electron chi connectivity index (χ0n) is 8.73. The highest BCUT2D eigenvalue weighted by Crippen LogP contribution is 2.22. The highest BCUT2D eigenvalue weighted by molar-refractivity contribution is 5.76. The second-order valence-electron chi connectivity index (χ2n) is 3.77. The minimum absolute atomic E-state index is 0.0133. The Morgan fingerprint density at radius 1 is 1.40 bits per heavy atom. The third-order valence-electron chi connectivity index (χ3n) is 2.78. The van der Waals surface area contributed by atoms with Crippen LogP contribution in [0.5, 0.6) is 0 Å². The van der Waals surface area contributed by atoms with E-state index in [0.29, 0.717) is 0 Å². The van der Waals surface area contributed by atoms with Gasteiger partial charge in [0.05, 0.1) is 6.04 Å². The van der Waals surface area contributed by atoms with Crippen LogP contribution in [-0.2, 0) is 0 Å². The number of hydrogen-bond acceptors (Lipinski definition) is 2. The van der Waals surface area contributed by atoms with Crippen LogP contribution in [0, 0.1) is 0 Å². The third-order valence-corrected chi connectivity index (χ3v) is 2.78. The van der Waals surface area contributed by atoms with Gasteiger partial charge in [-0.1, -0.05) is 12.1 Å². The first-order valence-corrected chi connectivity index (χ1v) is 5.08. The van der Waals surface area contributed by atoms with E-state index in [1.165, 1.54) is 0 Å². The van der Waals surface area contributed by atoms with Crippen LogP contribution in [0.15, 0.2) is 24.3 Å². The van der Waals surface area contributed by atoms with Crippen molar-refractivity contribution in [3.63, 3.8) is 0 Å². The molecule has 0 aromatic heterocycles. The Hall–Kier alpha value is -1.71. The zero-order chi connectivity index (χ0) is 10.8. The van der Waals surface area contributed by atoms with E-state index in [1.54, 1.807) is 0 Å². The lowest BCUT2D eigenvalue weighted by Crippen LogP contribution is -2.30. The van der Waals surface area contributed by atoms with Crippen LogP contribution in [0.3, 0.4) is 0 Å². The van der Waals surface area contributed by atoms with Crippen molar-refractivity contribution in [3.8, 4) is 0 Å². The van der Waals surface area contributed by atoms with E-state index in [1.807, 2.05) is 36.1 Å². The van der Waals surface area contributed by atoms with Crippen LogP contribution in [0.2, 0.25) is 0 Å². The molecular formula is C11H15N3O. The first kappa shape index (κ1) is 9.83. The Morgan fingerprint density at radius 2 is 2.07 bits per heavy atom. The van der Waals surface area contributed by atoms with Crippen molar-refractivity contribution < 1.29 is 4.79 Å². The van der Waals surface area contributed by atoms with E-state index >= 15 is 0 Å². The van der Waals surface area contributed by atoms with Gasteiger partial charge in [0.25, 0.3) is 0 Å². The lowest BCUT2D eigenvalue weighted by Gasteiger charge is -2.23. The second kappa shape index (κ2) is 3.81. The lowest BCUT2D eigenvalue weighted by atomic mass is 10.1. The van der Waals surface area contributed by atoms with Crippen molar-refractivity contribution in [3.05, 3.63) is 29.8 Å². The fourth-order valence-corrected chi connectivity index (χ4v) is 1.81. The van der Waals surface area contributed by atoms with E-state index in [2.05, 4.69) is 5.32 Å². The Balaban J connectivity index is 2.16. The molecule has 1 heterocycles. The summed E-state index contributed by atoms with van der Waals surface area (Å²) >= 11 is 0. The number of urea groups is 1. The molecule has 0 bridgehead atoms. The number of amides is 2. The summed E-state index contributed by atoms with van der Waals surface area (Å²) in [6.07, 6.45) is 0. The monoisotopic (exact) mass is 205 g/mol. The summed E-state index contributed by atoms with van der Waals surface area (Å²) in [5.41, 5.74) is 7.47. The van der Waals surface area contributed by atoms with Gasteiger partial charge in [-0.25, -0.2) is 4.79 Å². The molecule has 1 saturated heterocycles. The smallest absolute Gasteiger partial charge is 0.318 e. The molecule has 2 rings (SSSR count). The highest BCUT2D eigenvalue weighted by atomic mass is 16.2. The summed E-state index contributed by atoms with van der Waals surface area (Å²) in [5.74, 6) is 0. The topological polar surface area (TPSA) is 58.4 Å². The van der Waals surface area contributed by atoms with Crippen molar-refractivity contribution in [2.75, 3.05) is 18.8 Å². The van der Waals surface area contributed by atoms with Crippen LogP contribution >= 0.6 is 0 Å². The van der Waals surface area contributed by atoms with Gasteiger partial charge in [0.15, 0.2) is 0 Å². The number of rotatable bonds is 2. The molecule has 1 atom stereocenters. The van der Waals surface area contributed by atoms with Crippen LogP contribution in [-0.4, -0.2) is 24.0 Å². The number of hydrogen-bond donors (Lipinski definition) is 2. The van der Waals surface area contributed by atoms with E-state index < -0.39 is 0 Å². The van der Waals surface area contributed by atoms with E-state index in [4.69, 9.17) is 5.73 Å². The maximum atomic E-state index is 11.4. The maximum absolute atomic E-state index is 11.4. The molecule has 0 saturated carbocycles. The SMILES string of the molecule is CC(c1ccc(N)cc1)N1CCNC1=O. The van der Waals surface area contributed by atoms with Crippen LogP contribution in [0.25, 0.3) is 0 Å². The summed E-state index contributed by atoms with van der Waals surface area (Å²) in [5, 5.41) is 2.79. The standard InChI is InChI=1S/C11H15N3O/c1-8(14-7-6-13-11(14)15)9-2-4-10(12)5-3-9/h2-5,8H,6-7,12H2,1H3,(H,13,15). The van der Waals surface area contributed by atoms with Gasteiger partial charge in [-0.3, -0.25) is 0 Å². The van der Waals surface area contributed by atoms with Gasteiger partial charge in [0.2, 0.25) is 0 Å². The highest BCUT2D eigenvalue weighted by Gasteiger charge is 2.25. The predicted octanol–water partition coefficient (Wildman–Crippen LogP) is 1.36. The second-order valence-corrected chi connectivity index (χ2v) is 3.77. The van der Waals surface area contributed by atoms with Crippen molar-refractivity contribution in [1.82, 2.24) is 10.2 Å². The number of nitrogens with two attached hydrogens (primary N) is 1. The van der Waals surface area contributed by atoms with Crippen molar-refractivity contribution in [1.29, 1.82) is 0 Å². The molecule has 15 heavy (non-hydrogen) atoms. The Bertz CT molecular complexity index is 361. The fourth-order valence-electron chi connectivity index (χ4n) is 1.81. The molecule has 0 aliphatic carbocycles. The maximum Gasteiger partial charge on any atom is 0.318 e. The molecule has 80 valence electrons. The lowest BCUT2D eigenvalue weighted by molar-refractivity contribution is 0.202. The molecule has 1 aliphatic heterocycles. The number of nitrogens with one attached hydrogen (secondary N) is 1. The van der Waals surface area contributed by atoms with Gasteiger partial charge in [-0.15, -0.1) is 0 Å². The Morgan fingerprint density at radius 3 is 2.60 bits per heavy atom. The van der Waals surface area contributed by atoms with E-state index in [9.17, 15) is 4.79 Å². The molecule has 1 aromatic carbocycles. The van der Waals surface area contributed by atoms with Crippen molar-refractivity contribution in [2.45, 2.75) is 13.0 Å². The predicted molar refractivity (Wildman–Crippen MR) is 59.4 cm³/mol. The van der Waals surface area contributed by atoms with E-state index in [-0.39, 0.29) is 12.1 Å². The van der Waals surface area contributed by atoms with Crippen LogP contribution < -0.4 is 11.1 Å². The normalized spacial score (nSPS) is 17.7. The van der Waals surface area contributed by atoms with E-state index in [0.717, 1.165) is 24.3 Å². The number of nitrogen functional groups attached to an aromatic ring is 1. The summed E-state index contributed by atoms with van der Waals surface area (Å²) in [6, 6.07) is 7.77. The molecule has 0 spiro atoms. The molecular weight excluding hydrogens is 190 g/mol. The van der Waals surface area contributed by atoms with Crippen molar-refractivity contribution in [2.24, 2.45) is 0 Å². The summed E-state index contributed by atoms with van der Waals surface area (Å²) in [6.45, 7) is 3.53. The first-order chi connectivity index (χ1) is 7.18. The average molecular weight is 205 g/mol. The van der Waals surface area contributed by atoms with Gasteiger partial charge < -0.3 is 16.0 Å². The number of anilines is 1. The molecule has 2 amide bonds. The van der Waals surface area contributed by atoms with Crippen LogP contribution in [0.4, 0.5) is 10.5 Å². The fraction of sp³-hybridized carbons (Fsp3) is 0.364. The molecule has 4 nitrogen and oxygen atoms in total. The number of benzene rings is 1. The molecule has 1 unspecified atom stereocenters. The van der Waals surface area contributed by atoms with Gasteiger partial charge in [-0.05, 0) is 24.6 Å². The van der Waals surface area contributed by atoms with Gasteiger partial charge in [-0.2, -0.15) is 0 Å². The minimum atomic E-state index is 0.0133. The molecule has 0 radical (unpaired) electrons. The summed E-state index contributed by atoms with van der Waals surface area (Å²) < 4.78 is 0. The summed E-state index contributed by atoms with van der Waals surface area (Å²) in [4.78, 5) is 13.3. The number of carbonyl (C=O) groups is 1. The molecule has 4 heteroatoms. The number of carbonyl (C=O) groups excluding carboxylic acids is 1. The molecule has 1 aromatic rings. The first-order valence-electron chi connectivity index (χ1n) is 5.08.